The highest BCUT2D eigenvalue weighted by Crippen LogP contribution is 2.02. The molecule has 0 spiro atoms. The monoisotopic (exact) mass is 176 g/mol. The maximum Gasteiger partial charge on any atom is 0.433 e. The van der Waals surface area contributed by atoms with E-state index in [0.717, 1.165) is 0 Å². The number of carbonyl (C=O) groups is 1. The Morgan fingerprint density at radius 1 is 1.64 bits per heavy atom. The summed E-state index contributed by atoms with van der Waals surface area (Å²) in [5, 5.41) is 0.597. The summed E-state index contributed by atoms with van der Waals surface area (Å²) in [5.74, 6) is 0. The number of amides is 1. The summed E-state index contributed by atoms with van der Waals surface area (Å²) in [7, 11) is 3.21. The Bertz CT molecular complexity index is 159. The maximum atomic E-state index is 10.8. The lowest BCUT2D eigenvalue weighted by Crippen LogP contribution is -2.28. The third kappa shape index (κ3) is 4.55. The van der Waals surface area contributed by atoms with Crippen molar-refractivity contribution in [2.45, 2.75) is 0 Å². The summed E-state index contributed by atoms with van der Waals surface area (Å²) in [5.41, 5.74) is 2.39. The second-order valence-corrected chi connectivity index (χ2v) is 2.89. The van der Waals surface area contributed by atoms with Gasteiger partial charge >= 0.3 is 6.09 Å². The molecule has 0 aliphatic rings. The van der Waals surface area contributed by atoms with Gasteiger partial charge in [0.25, 0.3) is 0 Å². The number of hydrogen-bond donors (Lipinski definition) is 1. The first kappa shape index (κ1) is 10.2. The Hall–Kier alpha value is -0.840. The maximum absolute atomic E-state index is 10.8. The van der Waals surface area contributed by atoms with Crippen molar-refractivity contribution in [2.75, 3.05) is 20.4 Å². The summed E-state index contributed by atoms with van der Waals surface area (Å²) >= 11 is 1.38. The summed E-state index contributed by atoms with van der Waals surface area (Å²) in [6.45, 7) is 3.56. The zero-order chi connectivity index (χ0) is 8.85. The Balaban J connectivity index is 3.54. The van der Waals surface area contributed by atoms with E-state index in [1.807, 2.05) is 6.26 Å². The molecule has 0 fully saturated rings. The summed E-state index contributed by atoms with van der Waals surface area (Å²) < 4.78 is 0. The van der Waals surface area contributed by atoms with Gasteiger partial charge in [0, 0.05) is 14.1 Å². The fourth-order valence-corrected chi connectivity index (χ4v) is 0.359. The van der Waals surface area contributed by atoms with Crippen molar-refractivity contribution in [3.63, 3.8) is 0 Å². The van der Waals surface area contributed by atoms with Gasteiger partial charge in [0.05, 0.1) is 5.03 Å². The highest BCUT2D eigenvalue weighted by atomic mass is 32.2. The topological polar surface area (TPSA) is 41.6 Å². The van der Waals surface area contributed by atoms with Crippen molar-refractivity contribution in [3.05, 3.63) is 11.6 Å². The van der Waals surface area contributed by atoms with Crippen LogP contribution in [0.25, 0.3) is 0 Å². The molecule has 0 unspecified atom stereocenters. The van der Waals surface area contributed by atoms with E-state index in [1.54, 1.807) is 14.1 Å². The third-order valence-corrected chi connectivity index (χ3v) is 1.44. The van der Waals surface area contributed by atoms with Crippen LogP contribution in [0.1, 0.15) is 0 Å². The molecule has 0 aliphatic heterocycles. The van der Waals surface area contributed by atoms with Crippen LogP contribution in [0.2, 0.25) is 0 Å². The predicted molar refractivity (Wildman–Crippen MR) is 46.0 cm³/mol. The van der Waals surface area contributed by atoms with Crippen molar-refractivity contribution in [1.82, 2.24) is 10.4 Å². The zero-order valence-corrected chi connectivity index (χ0v) is 7.70. The van der Waals surface area contributed by atoms with Crippen molar-refractivity contribution in [2.24, 2.45) is 0 Å². The number of thioether (sulfide) groups is 1. The molecular formula is C6H12N2O2S. The lowest BCUT2D eigenvalue weighted by atomic mass is 10.9. The molecule has 4 nitrogen and oxygen atoms in total. The van der Waals surface area contributed by atoms with Gasteiger partial charge in [-0.1, -0.05) is 6.58 Å². The fraction of sp³-hybridized carbons (Fsp3) is 0.500. The van der Waals surface area contributed by atoms with E-state index in [4.69, 9.17) is 0 Å². The van der Waals surface area contributed by atoms with Gasteiger partial charge in [-0.05, 0) is 6.26 Å². The minimum atomic E-state index is -0.444. The number of nitrogens with one attached hydrogen (secondary N) is 1. The predicted octanol–water partition coefficient (Wildman–Crippen LogP) is 1.02. The standard InChI is InChI=1S/C6H12N2O2S/c1-5(11-4)7-10-6(9)8(2)3/h7H,1H2,2-4H3. The molecule has 0 heterocycles. The van der Waals surface area contributed by atoms with Gasteiger partial charge in [-0.2, -0.15) is 0 Å². The summed E-state index contributed by atoms with van der Waals surface area (Å²) in [6.07, 6.45) is 1.39. The Kier molecular flexibility index (Phi) is 4.52. The van der Waals surface area contributed by atoms with Gasteiger partial charge in [0.15, 0.2) is 0 Å². The molecular weight excluding hydrogens is 164 g/mol. The molecule has 64 valence electrons. The fourth-order valence-electron chi connectivity index (χ4n) is 0.234. The van der Waals surface area contributed by atoms with E-state index in [-0.39, 0.29) is 0 Å². The van der Waals surface area contributed by atoms with Crippen LogP contribution in [-0.4, -0.2) is 31.3 Å². The van der Waals surface area contributed by atoms with Gasteiger partial charge < -0.3 is 9.74 Å². The molecule has 0 radical (unpaired) electrons. The van der Waals surface area contributed by atoms with E-state index >= 15 is 0 Å². The Morgan fingerprint density at radius 2 is 2.18 bits per heavy atom. The Morgan fingerprint density at radius 3 is 2.55 bits per heavy atom. The molecule has 0 aromatic heterocycles. The molecule has 1 N–H and O–H groups in total. The molecule has 0 saturated carbocycles. The molecule has 1 amide bonds. The smallest absolute Gasteiger partial charge is 0.324 e. The van der Waals surface area contributed by atoms with Crippen LogP contribution in [-0.2, 0) is 4.84 Å². The Labute approximate surface area is 70.5 Å². The second-order valence-electron chi connectivity index (χ2n) is 1.99. The first-order valence-electron chi connectivity index (χ1n) is 2.95. The molecule has 0 saturated heterocycles. The lowest BCUT2D eigenvalue weighted by Gasteiger charge is -2.11. The number of rotatable bonds is 3. The lowest BCUT2D eigenvalue weighted by molar-refractivity contribution is 0.0847. The number of carbonyl (C=O) groups excluding carboxylic acids is 1. The van der Waals surface area contributed by atoms with Crippen LogP contribution >= 0.6 is 11.8 Å². The van der Waals surface area contributed by atoms with Gasteiger partial charge in [0.1, 0.15) is 0 Å². The number of hydroxylamine groups is 1. The zero-order valence-electron chi connectivity index (χ0n) is 6.88. The molecule has 5 heteroatoms. The average Bonchev–Trinajstić information content (AvgIpc) is 1.99. The van der Waals surface area contributed by atoms with E-state index in [2.05, 4.69) is 16.9 Å². The minimum Gasteiger partial charge on any atom is -0.324 e. The van der Waals surface area contributed by atoms with Crippen LogP contribution in [0.4, 0.5) is 4.79 Å². The van der Waals surface area contributed by atoms with Crippen LogP contribution in [0.15, 0.2) is 11.6 Å². The number of hydrogen-bond acceptors (Lipinski definition) is 4. The highest BCUT2D eigenvalue weighted by molar-refractivity contribution is 8.02. The summed E-state index contributed by atoms with van der Waals surface area (Å²) in [6, 6.07) is 0. The van der Waals surface area contributed by atoms with Crippen LogP contribution < -0.4 is 5.48 Å². The average molecular weight is 176 g/mol. The largest absolute Gasteiger partial charge is 0.433 e. The molecule has 0 aromatic rings. The van der Waals surface area contributed by atoms with Crippen LogP contribution in [0.3, 0.4) is 0 Å². The van der Waals surface area contributed by atoms with Gasteiger partial charge in [-0.15, -0.1) is 11.8 Å². The second kappa shape index (κ2) is 4.90. The quantitative estimate of drug-likeness (QED) is 0.652. The molecule has 0 rings (SSSR count). The highest BCUT2D eigenvalue weighted by Gasteiger charge is 2.03. The van der Waals surface area contributed by atoms with Crippen molar-refractivity contribution >= 4 is 17.9 Å². The van der Waals surface area contributed by atoms with Gasteiger partial charge in [-0.25, -0.2) is 10.3 Å². The van der Waals surface area contributed by atoms with E-state index < -0.39 is 6.09 Å². The molecule has 0 aliphatic carbocycles. The first-order valence-corrected chi connectivity index (χ1v) is 4.17. The summed E-state index contributed by atoms with van der Waals surface area (Å²) in [4.78, 5) is 16.6. The van der Waals surface area contributed by atoms with Crippen molar-refractivity contribution in [1.29, 1.82) is 0 Å². The van der Waals surface area contributed by atoms with Gasteiger partial charge in [0.2, 0.25) is 0 Å². The van der Waals surface area contributed by atoms with E-state index in [0.29, 0.717) is 5.03 Å². The molecule has 11 heavy (non-hydrogen) atoms. The normalized spacial score (nSPS) is 8.64. The minimum absolute atomic E-state index is 0.444. The molecule has 0 aromatic carbocycles. The van der Waals surface area contributed by atoms with Crippen molar-refractivity contribution < 1.29 is 9.63 Å². The van der Waals surface area contributed by atoms with Crippen LogP contribution in [0, 0.1) is 0 Å². The van der Waals surface area contributed by atoms with Gasteiger partial charge in [-0.3, -0.25) is 0 Å². The van der Waals surface area contributed by atoms with Crippen molar-refractivity contribution in [3.8, 4) is 0 Å². The first-order chi connectivity index (χ1) is 5.07. The third-order valence-electron chi connectivity index (χ3n) is 0.864. The van der Waals surface area contributed by atoms with E-state index in [1.165, 1.54) is 16.7 Å². The molecule has 0 atom stereocenters. The van der Waals surface area contributed by atoms with Crippen LogP contribution in [0.5, 0.6) is 0 Å². The molecule has 0 bridgehead atoms. The SMILES string of the molecule is C=C(NOC(=O)N(C)C)SC. The van der Waals surface area contributed by atoms with E-state index in [9.17, 15) is 4.79 Å². The number of nitrogens with zero attached hydrogens (tertiary/aromatic N) is 1.